The van der Waals surface area contributed by atoms with E-state index in [0.717, 1.165) is 19.3 Å². The van der Waals surface area contributed by atoms with Crippen molar-refractivity contribution in [3.63, 3.8) is 0 Å². The molecule has 0 aliphatic heterocycles. The fourth-order valence-electron chi connectivity index (χ4n) is 3.66. The molecule has 0 unspecified atom stereocenters. The second kappa shape index (κ2) is 17.9. The first-order valence-corrected chi connectivity index (χ1v) is 13.8. The molecule has 41 heavy (non-hydrogen) atoms. The SMILES string of the molecule is CCOC(=O)c1ccc(C#CCCCCCC#Cc2ccc(C(=O)OCC)cc2C(=O)OCC)c(C(=O)OCC)c1. The summed E-state index contributed by atoms with van der Waals surface area (Å²) in [6, 6.07) is 9.34. The lowest BCUT2D eigenvalue weighted by molar-refractivity contribution is 0.0506. The lowest BCUT2D eigenvalue weighted by Gasteiger charge is -2.07. The second-order valence-corrected chi connectivity index (χ2v) is 8.57. The third-order valence-corrected chi connectivity index (χ3v) is 5.60. The number of rotatable bonds is 12. The summed E-state index contributed by atoms with van der Waals surface area (Å²) in [5, 5.41) is 0. The molecule has 0 saturated heterocycles. The number of esters is 4. The average molecular weight is 561 g/mol. The Morgan fingerprint density at radius 3 is 1.27 bits per heavy atom. The second-order valence-electron chi connectivity index (χ2n) is 8.57. The van der Waals surface area contributed by atoms with Gasteiger partial charge in [0.15, 0.2) is 0 Å². The van der Waals surface area contributed by atoms with E-state index in [2.05, 4.69) is 23.7 Å². The molecule has 8 nitrogen and oxygen atoms in total. The van der Waals surface area contributed by atoms with Gasteiger partial charge in [-0.1, -0.05) is 30.1 Å². The maximum atomic E-state index is 12.4. The number of carbonyl (C=O) groups is 4. The molecule has 0 saturated carbocycles. The Morgan fingerprint density at radius 1 is 0.537 bits per heavy atom. The van der Waals surface area contributed by atoms with E-state index in [1.54, 1.807) is 52.0 Å². The zero-order valence-corrected chi connectivity index (χ0v) is 24.1. The number of ether oxygens (including phenoxy) is 4. The number of carbonyl (C=O) groups excluding carboxylic acids is 4. The maximum Gasteiger partial charge on any atom is 0.339 e. The lowest BCUT2D eigenvalue weighted by Crippen LogP contribution is -2.11. The average Bonchev–Trinajstić information content (AvgIpc) is 2.96. The summed E-state index contributed by atoms with van der Waals surface area (Å²) in [6.45, 7) is 7.74. The Morgan fingerprint density at radius 2 is 0.902 bits per heavy atom. The molecule has 8 heteroatoms. The molecule has 0 bridgehead atoms. The fraction of sp³-hybridized carbons (Fsp3) is 0.394. The van der Waals surface area contributed by atoms with Gasteiger partial charge in [-0.05, 0) is 76.9 Å². The monoisotopic (exact) mass is 560 g/mol. The van der Waals surface area contributed by atoms with Crippen molar-refractivity contribution in [1.29, 1.82) is 0 Å². The Hall–Kier alpha value is -4.56. The molecular formula is C33H36O8. The topological polar surface area (TPSA) is 105 Å². The standard InChI is InChI=1S/C33H36O8/c1-5-38-30(34)26-20-18-24(28(22-26)32(36)40-7-3)16-14-12-10-9-11-13-15-17-25-19-21-27(31(35)39-6-2)23-29(25)33(37)41-8-4/h18-23H,5-13H2,1-4H3. The largest absolute Gasteiger partial charge is 0.462 e. The molecule has 0 atom stereocenters. The van der Waals surface area contributed by atoms with Crippen LogP contribution in [0.3, 0.4) is 0 Å². The molecule has 2 aromatic carbocycles. The Kier molecular flexibility index (Phi) is 14.3. The van der Waals surface area contributed by atoms with E-state index in [1.165, 1.54) is 12.1 Å². The molecule has 0 spiro atoms. The van der Waals surface area contributed by atoms with Gasteiger partial charge in [0.25, 0.3) is 0 Å². The highest BCUT2D eigenvalue weighted by molar-refractivity contribution is 5.98. The maximum absolute atomic E-state index is 12.4. The smallest absolute Gasteiger partial charge is 0.339 e. The van der Waals surface area contributed by atoms with Crippen molar-refractivity contribution in [2.75, 3.05) is 26.4 Å². The number of hydrogen-bond donors (Lipinski definition) is 0. The molecule has 2 aromatic rings. The summed E-state index contributed by atoms with van der Waals surface area (Å²) < 4.78 is 20.3. The highest BCUT2D eigenvalue weighted by Gasteiger charge is 2.17. The molecular weight excluding hydrogens is 524 g/mol. The Balaban J connectivity index is 1.96. The van der Waals surface area contributed by atoms with Crippen LogP contribution in [0.15, 0.2) is 36.4 Å². The molecule has 0 amide bonds. The number of benzene rings is 2. The van der Waals surface area contributed by atoms with Crippen LogP contribution in [0.1, 0.15) is 112 Å². The van der Waals surface area contributed by atoms with Gasteiger partial charge in [-0.2, -0.15) is 0 Å². The van der Waals surface area contributed by atoms with Crippen LogP contribution in [0.2, 0.25) is 0 Å². The van der Waals surface area contributed by atoms with Gasteiger partial charge in [0.1, 0.15) is 0 Å². The van der Waals surface area contributed by atoms with Crippen molar-refractivity contribution in [1.82, 2.24) is 0 Å². The minimum Gasteiger partial charge on any atom is -0.462 e. The fourth-order valence-corrected chi connectivity index (χ4v) is 3.66. The van der Waals surface area contributed by atoms with E-state index >= 15 is 0 Å². The van der Waals surface area contributed by atoms with Gasteiger partial charge >= 0.3 is 23.9 Å². The van der Waals surface area contributed by atoms with E-state index in [-0.39, 0.29) is 48.7 Å². The van der Waals surface area contributed by atoms with Gasteiger partial charge in [-0.25, -0.2) is 19.2 Å². The molecule has 0 aromatic heterocycles. The van der Waals surface area contributed by atoms with Gasteiger partial charge in [0.2, 0.25) is 0 Å². The zero-order chi connectivity index (χ0) is 30.0. The van der Waals surface area contributed by atoms with Crippen LogP contribution in [0, 0.1) is 23.7 Å². The molecule has 216 valence electrons. The lowest BCUT2D eigenvalue weighted by atomic mass is 10.0. The van der Waals surface area contributed by atoms with Crippen LogP contribution in [0.4, 0.5) is 0 Å². The van der Waals surface area contributed by atoms with E-state index in [9.17, 15) is 19.2 Å². The van der Waals surface area contributed by atoms with Crippen LogP contribution < -0.4 is 0 Å². The van der Waals surface area contributed by atoms with Crippen LogP contribution in [0.5, 0.6) is 0 Å². The highest BCUT2D eigenvalue weighted by atomic mass is 16.5. The first-order valence-electron chi connectivity index (χ1n) is 13.8. The first kappa shape index (κ1) is 32.7. The molecule has 0 radical (unpaired) electrons. The normalized spacial score (nSPS) is 9.85. The van der Waals surface area contributed by atoms with Crippen molar-refractivity contribution in [3.05, 3.63) is 69.8 Å². The molecule has 2 rings (SSSR count). The van der Waals surface area contributed by atoms with Crippen molar-refractivity contribution in [2.45, 2.75) is 59.8 Å². The third kappa shape index (κ3) is 10.5. The summed E-state index contributed by atoms with van der Waals surface area (Å²) in [5.74, 6) is 10.1. The van der Waals surface area contributed by atoms with E-state index in [4.69, 9.17) is 18.9 Å². The quantitative estimate of drug-likeness (QED) is 0.140. The molecule has 0 fully saturated rings. The van der Waals surface area contributed by atoms with Crippen LogP contribution in [0.25, 0.3) is 0 Å². The zero-order valence-electron chi connectivity index (χ0n) is 24.1. The van der Waals surface area contributed by atoms with Gasteiger partial charge in [-0.3, -0.25) is 0 Å². The minimum absolute atomic E-state index is 0.210. The van der Waals surface area contributed by atoms with Crippen LogP contribution in [-0.4, -0.2) is 50.3 Å². The van der Waals surface area contributed by atoms with Gasteiger partial charge in [0, 0.05) is 24.0 Å². The predicted molar refractivity (Wildman–Crippen MR) is 154 cm³/mol. The Bertz CT molecular complexity index is 1250. The summed E-state index contributed by atoms with van der Waals surface area (Å²) in [6.07, 6.45) is 3.82. The molecule has 0 N–H and O–H groups in total. The van der Waals surface area contributed by atoms with E-state index in [1.807, 2.05) is 0 Å². The third-order valence-electron chi connectivity index (χ3n) is 5.60. The van der Waals surface area contributed by atoms with E-state index in [0.29, 0.717) is 24.0 Å². The number of unbranched alkanes of at least 4 members (excludes halogenated alkanes) is 4. The summed E-state index contributed by atoms with van der Waals surface area (Å²) >= 11 is 0. The van der Waals surface area contributed by atoms with Crippen molar-refractivity contribution in [2.24, 2.45) is 0 Å². The highest BCUT2D eigenvalue weighted by Crippen LogP contribution is 2.16. The summed E-state index contributed by atoms with van der Waals surface area (Å²) in [5.41, 5.74) is 1.99. The molecule has 0 aliphatic rings. The number of hydrogen-bond acceptors (Lipinski definition) is 8. The van der Waals surface area contributed by atoms with Crippen LogP contribution >= 0.6 is 0 Å². The Labute approximate surface area is 241 Å². The molecule has 0 aliphatic carbocycles. The van der Waals surface area contributed by atoms with Gasteiger partial charge in [0.05, 0.1) is 48.7 Å². The molecule has 0 heterocycles. The summed E-state index contributed by atoms with van der Waals surface area (Å²) in [4.78, 5) is 48.9. The minimum atomic E-state index is -0.539. The summed E-state index contributed by atoms with van der Waals surface area (Å²) in [7, 11) is 0. The van der Waals surface area contributed by atoms with Crippen molar-refractivity contribution < 1.29 is 38.1 Å². The van der Waals surface area contributed by atoms with Crippen molar-refractivity contribution in [3.8, 4) is 23.7 Å². The van der Waals surface area contributed by atoms with Crippen LogP contribution in [-0.2, 0) is 18.9 Å². The van der Waals surface area contributed by atoms with E-state index < -0.39 is 23.9 Å². The van der Waals surface area contributed by atoms with Crippen molar-refractivity contribution >= 4 is 23.9 Å². The van der Waals surface area contributed by atoms with Gasteiger partial charge < -0.3 is 18.9 Å². The predicted octanol–water partition coefficient (Wildman–Crippen LogP) is 5.75. The van der Waals surface area contributed by atoms with Gasteiger partial charge in [-0.15, -0.1) is 0 Å². The first-order chi connectivity index (χ1) is 19.9.